The minimum atomic E-state index is 0. The fourth-order valence-electron chi connectivity index (χ4n) is 3.38. The summed E-state index contributed by atoms with van der Waals surface area (Å²) in [5.41, 5.74) is 2.99. The second kappa shape index (κ2) is 14.7. The molecule has 7 nitrogen and oxygen atoms in total. The van der Waals surface area contributed by atoms with Crippen LogP contribution in [0.1, 0.15) is 34.5 Å². The standard InChI is InChI=1S/C25H37N5O2.HI/c1-7-26-25(27-15-14-19-10-8-12-21(16-19)24(31)30(4)5)28-18-23(29(2)3)20-11-9-13-22(17-20)32-6;/h8-13,16-17,23H,7,14-15,18H2,1-6H3,(H2,26,27,28);1H. The number of hydrogen-bond acceptors (Lipinski definition) is 4. The van der Waals surface area contributed by atoms with Gasteiger partial charge in [0.1, 0.15) is 5.75 Å². The number of ether oxygens (including phenoxy) is 1. The van der Waals surface area contributed by atoms with Gasteiger partial charge in [-0.2, -0.15) is 0 Å². The first-order valence-electron chi connectivity index (χ1n) is 11.0. The molecule has 1 unspecified atom stereocenters. The van der Waals surface area contributed by atoms with Crippen LogP contribution in [0.25, 0.3) is 0 Å². The van der Waals surface area contributed by atoms with Crippen LogP contribution < -0.4 is 15.4 Å². The predicted molar refractivity (Wildman–Crippen MR) is 147 cm³/mol. The van der Waals surface area contributed by atoms with Gasteiger partial charge < -0.3 is 25.2 Å². The molecule has 0 heterocycles. The number of carbonyl (C=O) groups excluding carboxylic acids is 1. The first-order valence-corrected chi connectivity index (χ1v) is 11.0. The Labute approximate surface area is 215 Å². The Kier molecular flexibility index (Phi) is 12.8. The van der Waals surface area contributed by atoms with Gasteiger partial charge in [0.2, 0.25) is 0 Å². The highest BCUT2D eigenvalue weighted by molar-refractivity contribution is 14.0. The molecule has 182 valence electrons. The molecule has 0 spiro atoms. The van der Waals surface area contributed by atoms with Crippen molar-refractivity contribution >= 4 is 35.8 Å². The summed E-state index contributed by atoms with van der Waals surface area (Å²) in [5.74, 6) is 1.64. The van der Waals surface area contributed by atoms with Crippen LogP contribution in [0.4, 0.5) is 0 Å². The van der Waals surface area contributed by atoms with E-state index in [-0.39, 0.29) is 35.9 Å². The minimum Gasteiger partial charge on any atom is -0.497 e. The van der Waals surface area contributed by atoms with Gasteiger partial charge in [0, 0.05) is 32.7 Å². The fourth-order valence-corrected chi connectivity index (χ4v) is 3.38. The third-order valence-corrected chi connectivity index (χ3v) is 5.15. The summed E-state index contributed by atoms with van der Waals surface area (Å²) in [6, 6.07) is 16.0. The largest absolute Gasteiger partial charge is 0.497 e. The van der Waals surface area contributed by atoms with Crippen LogP contribution in [-0.4, -0.2) is 76.6 Å². The van der Waals surface area contributed by atoms with Gasteiger partial charge in [0.15, 0.2) is 5.96 Å². The van der Waals surface area contributed by atoms with Gasteiger partial charge in [-0.1, -0.05) is 24.3 Å². The molecular formula is C25H38IN5O2. The van der Waals surface area contributed by atoms with Gasteiger partial charge in [0.05, 0.1) is 19.7 Å². The van der Waals surface area contributed by atoms with E-state index in [0.29, 0.717) is 12.1 Å². The maximum atomic E-state index is 12.2. The summed E-state index contributed by atoms with van der Waals surface area (Å²) >= 11 is 0. The lowest BCUT2D eigenvalue weighted by molar-refractivity contribution is 0.0827. The Balaban J connectivity index is 0.00000544. The Bertz CT molecular complexity index is 902. The lowest BCUT2D eigenvalue weighted by Crippen LogP contribution is -2.39. The van der Waals surface area contributed by atoms with Crippen molar-refractivity contribution in [2.24, 2.45) is 4.99 Å². The van der Waals surface area contributed by atoms with Crippen molar-refractivity contribution in [3.63, 3.8) is 0 Å². The van der Waals surface area contributed by atoms with E-state index in [9.17, 15) is 4.79 Å². The van der Waals surface area contributed by atoms with E-state index in [4.69, 9.17) is 9.73 Å². The van der Waals surface area contributed by atoms with Gasteiger partial charge in [0.25, 0.3) is 5.91 Å². The highest BCUT2D eigenvalue weighted by Crippen LogP contribution is 2.22. The first kappa shape index (κ1) is 28.7. The number of halogens is 1. The number of methoxy groups -OCH3 is 1. The quantitative estimate of drug-likeness (QED) is 0.262. The summed E-state index contributed by atoms with van der Waals surface area (Å²) in [5, 5.41) is 6.73. The number of likely N-dealkylation sites (N-methyl/N-ethyl adjacent to an activating group) is 1. The molecule has 8 heteroatoms. The number of hydrogen-bond donors (Lipinski definition) is 2. The molecular weight excluding hydrogens is 529 g/mol. The molecule has 2 aromatic rings. The van der Waals surface area contributed by atoms with Crippen LogP contribution in [-0.2, 0) is 6.42 Å². The van der Waals surface area contributed by atoms with Crippen LogP contribution in [0.15, 0.2) is 53.5 Å². The molecule has 2 rings (SSSR count). The van der Waals surface area contributed by atoms with Gasteiger partial charge in [-0.3, -0.25) is 9.79 Å². The molecule has 33 heavy (non-hydrogen) atoms. The van der Waals surface area contributed by atoms with Gasteiger partial charge >= 0.3 is 0 Å². The lowest BCUT2D eigenvalue weighted by atomic mass is 10.1. The van der Waals surface area contributed by atoms with Crippen LogP contribution in [0.5, 0.6) is 5.75 Å². The SMILES string of the molecule is CCNC(=NCC(c1cccc(OC)c1)N(C)C)NCCc1cccc(C(=O)N(C)C)c1.I. The summed E-state index contributed by atoms with van der Waals surface area (Å²) in [4.78, 5) is 20.8. The first-order chi connectivity index (χ1) is 15.3. The lowest BCUT2D eigenvalue weighted by Gasteiger charge is -2.24. The molecule has 0 fully saturated rings. The van der Waals surface area contributed by atoms with E-state index < -0.39 is 0 Å². The second-order valence-electron chi connectivity index (χ2n) is 8.05. The van der Waals surface area contributed by atoms with Crippen LogP contribution in [0.3, 0.4) is 0 Å². The highest BCUT2D eigenvalue weighted by Gasteiger charge is 2.15. The van der Waals surface area contributed by atoms with E-state index in [0.717, 1.165) is 42.3 Å². The third-order valence-electron chi connectivity index (χ3n) is 5.15. The van der Waals surface area contributed by atoms with Gasteiger partial charge in [-0.15, -0.1) is 24.0 Å². The minimum absolute atomic E-state index is 0. The number of carbonyl (C=O) groups is 1. The molecule has 1 atom stereocenters. The van der Waals surface area contributed by atoms with Crippen molar-refractivity contribution in [3.05, 3.63) is 65.2 Å². The number of amides is 1. The fraction of sp³-hybridized carbons (Fsp3) is 0.440. The number of guanidine groups is 1. The zero-order valence-electron chi connectivity index (χ0n) is 20.6. The van der Waals surface area contributed by atoms with E-state index in [1.807, 2.05) is 36.4 Å². The molecule has 0 saturated carbocycles. The average Bonchev–Trinajstić information content (AvgIpc) is 2.78. The number of aliphatic imine (C=N–C) groups is 1. The molecule has 2 aromatic carbocycles. The van der Waals surface area contributed by atoms with Crippen LogP contribution in [0.2, 0.25) is 0 Å². The average molecular weight is 568 g/mol. The molecule has 0 aliphatic heterocycles. The summed E-state index contributed by atoms with van der Waals surface area (Å²) < 4.78 is 5.38. The van der Waals surface area contributed by atoms with E-state index in [1.165, 1.54) is 0 Å². The van der Waals surface area contributed by atoms with E-state index in [2.05, 4.69) is 48.7 Å². The molecule has 0 bridgehead atoms. The van der Waals surface area contributed by atoms with E-state index >= 15 is 0 Å². The molecule has 0 saturated heterocycles. The number of benzene rings is 2. The van der Waals surface area contributed by atoms with Crippen molar-refractivity contribution in [2.75, 3.05) is 54.9 Å². The van der Waals surface area contributed by atoms with Gasteiger partial charge in [-0.05, 0) is 62.8 Å². The summed E-state index contributed by atoms with van der Waals surface area (Å²) in [6.45, 7) is 4.17. The third kappa shape index (κ3) is 9.21. The van der Waals surface area contributed by atoms with E-state index in [1.54, 1.807) is 26.1 Å². The molecule has 2 N–H and O–H groups in total. The van der Waals surface area contributed by atoms with Crippen LogP contribution in [0, 0.1) is 0 Å². The maximum Gasteiger partial charge on any atom is 0.253 e. The van der Waals surface area contributed by atoms with Gasteiger partial charge in [-0.25, -0.2) is 0 Å². The number of nitrogens with zero attached hydrogens (tertiary/aromatic N) is 3. The summed E-state index contributed by atoms with van der Waals surface area (Å²) in [7, 11) is 9.33. The zero-order chi connectivity index (χ0) is 23.5. The topological polar surface area (TPSA) is 69.2 Å². The zero-order valence-corrected chi connectivity index (χ0v) is 22.9. The molecule has 0 aromatic heterocycles. The predicted octanol–water partition coefficient (Wildman–Crippen LogP) is 3.42. The van der Waals surface area contributed by atoms with Crippen molar-refractivity contribution in [1.29, 1.82) is 0 Å². The Morgan fingerprint density at radius 2 is 1.79 bits per heavy atom. The molecule has 0 aliphatic carbocycles. The Morgan fingerprint density at radius 3 is 2.42 bits per heavy atom. The molecule has 0 aliphatic rings. The number of rotatable bonds is 10. The Hall–Kier alpha value is -2.33. The normalized spacial score (nSPS) is 12.0. The maximum absolute atomic E-state index is 12.2. The Morgan fingerprint density at radius 1 is 1.06 bits per heavy atom. The van der Waals surface area contributed by atoms with Crippen molar-refractivity contribution in [1.82, 2.24) is 20.4 Å². The molecule has 0 radical (unpaired) electrons. The van der Waals surface area contributed by atoms with Crippen LogP contribution >= 0.6 is 24.0 Å². The van der Waals surface area contributed by atoms with Crippen molar-refractivity contribution in [3.8, 4) is 5.75 Å². The number of nitrogens with one attached hydrogen (secondary N) is 2. The smallest absolute Gasteiger partial charge is 0.253 e. The second-order valence-corrected chi connectivity index (χ2v) is 8.05. The highest BCUT2D eigenvalue weighted by atomic mass is 127. The summed E-state index contributed by atoms with van der Waals surface area (Å²) in [6.07, 6.45) is 0.798. The monoisotopic (exact) mass is 567 g/mol. The van der Waals surface area contributed by atoms with Crippen molar-refractivity contribution < 1.29 is 9.53 Å². The molecule has 1 amide bonds. The van der Waals surface area contributed by atoms with Crippen molar-refractivity contribution in [2.45, 2.75) is 19.4 Å².